The number of hydrogen-bond donors (Lipinski definition) is 1. The zero-order valence-electron chi connectivity index (χ0n) is 10.8. The SMILES string of the molecule is CCOc1ccc(CN2C(=O)CCC2C(=O)O)cc1. The van der Waals surface area contributed by atoms with Crippen molar-refractivity contribution in [1.82, 2.24) is 4.90 Å². The summed E-state index contributed by atoms with van der Waals surface area (Å²) in [5.74, 6) is -0.258. The number of carboxylic acid groups (broad SMARTS) is 1. The Morgan fingerprint density at radius 2 is 2.11 bits per heavy atom. The molecular weight excluding hydrogens is 246 g/mol. The van der Waals surface area contributed by atoms with E-state index in [1.54, 1.807) is 0 Å². The third kappa shape index (κ3) is 3.05. The fourth-order valence-electron chi connectivity index (χ4n) is 2.24. The molecule has 1 aliphatic rings. The van der Waals surface area contributed by atoms with Crippen molar-refractivity contribution in [3.8, 4) is 5.75 Å². The third-order valence-electron chi connectivity index (χ3n) is 3.20. The molecule has 1 N–H and O–H groups in total. The van der Waals surface area contributed by atoms with Gasteiger partial charge in [-0.15, -0.1) is 0 Å². The molecule has 0 spiro atoms. The highest BCUT2D eigenvalue weighted by molar-refractivity contribution is 5.87. The van der Waals surface area contributed by atoms with Crippen molar-refractivity contribution in [3.63, 3.8) is 0 Å². The van der Waals surface area contributed by atoms with Crippen LogP contribution in [0.5, 0.6) is 5.75 Å². The van der Waals surface area contributed by atoms with Crippen molar-refractivity contribution in [1.29, 1.82) is 0 Å². The molecule has 1 aromatic rings. The van der Waals surface area contributed by atoms with Gasteiger partial charge in [0.05, 0.1) is 6.61 Å². The van der Waals surface area contributed by atoms with Gasteiger partial charge in [-0.1, -0.05) is 12.1 Å². The molecule has 2 rings (SSSR count). The fourth-order valence-corrected chi connectivity index (χ4v) is 2.24. The van der Waals surface area contributed by atoms with E-state index in [2.05, 4.69) is 0 Å². The second-order valence-corrected chi connectivity index (χ2v) is 4.49. The molecule has 0 aromatic heterocycles. The van der Waals surface area contributed by atoms with Crippen LogP contribution in [0.2, 0.25) is 0 Å². The van der Waals surface area contributed by atoms with Gasteiger partial charge in [0.2, 0.25) is 5.91 Å². The zero-order valence-corrected chi connectivity index (χ0v) is 10.8. The summed E-state index contributed by atoms with van der Waals surface area (Å²) in [4.78, 5) is 24.2. The summed E-state index contributed by atoms with van der Waals surface area (Å²) < 4.78 is 5.34. The first-order chi connectivity index (χ1) is 9.11. The summed E-state index contributed by atoms with van der Waals surface area (Å²) >= 11 is 0. The van der Waals surface area contributed by atoms with Crippen LogP contribution in [0.4, 0.5) is 0 Å². The first kappa shape index (κ1) is 13.4. The number of aliphatic carboxylic acids is 1. The molecular formula is C14H17NO4. The molecule has 0 radical (unpaired) electrons. The van der Waals surface area contributed by atoms with E-state index < -0.39 is 12.0 Å². The minimum absolute atomic E-state index is 0.0960. The van der Waals surface area contributed by atoms with Crippen LogP contribution in [-0.2, 0) is 16.1 Å². The average molecular weight is 263 g/mol. The van der Waals surface area contributed by atoms with Gasteiger partial charge in [0.1, 0.15) is 11.8 Å². The minimum atomic E-state index is -0.934. The van der Waals surface area contributed by atoms with E-state index in [1.807, 2.05) is 31.2 Å². The Balaban J connectivity index is 2.06. The van der Waals surface area contributed by atoms with Crippen molar-refractivity contribution < 1.29 is 19.4 Å². The van der Waals surface area contributed by atoms with Crippen molar-refractivity contribution in [2.75, 3.05) is 6.61 Å². The largest absolute Gasteiger partial charge is 0.494 e. The lowest BCUT2D eigenvalue weighted by Gasteiger charge is -2.21. The highest BCUT2D eigenvalue weighted by Crippen LogP contribution is 2.22. The first-order valence-electron chi connectivity index (χ1n) is 6.36. The van der Waals surface area contributed by atoms with Gasteiger partial charge < -0.3 is 14.7 Å². The number of amides is 1. The number of rotatable bonds is 5. The number of benzene rings is 1. The Hall–Kier alpha value is -2.04. The topological polar surface area (TPSA) is 66.8 Å². The Bertz CT molecular complexity index is 469. The molecule has 1 fully saturated rings. The van der Waals surface area contributed by atoms with Crippen LogP contribution in [0.15, 0.2) is 24.3 Å². The van der Waals surface area contributed by atoms with E-state index in [4.69, 9.17) is 9.84 Å². The standard InChI is InChI=1S/C14H17NO4/c1-2-19-11-5-3-10(4-6-11)9-15-12(14(17)18)7-8-13(15)16/h3-6,12H,2,7-9H2,1H3,(H,17,18). The molecule has 0 bridgehead atoms. The summed E-state index contributed by atoms with van der Waals surface area (Å²) in [6.45, 7) is 2.85. The van der Waals surface area contributed by atoms with Crippen LogP contribution in [0.25, 0.3) is 0 Å². The quantitative estimate of drug-likeness (QED) is 0.877. The zero-order chi connectivity index (χ0) is 13.8. The van der Waals surface area contributed by atoms with E-state index >= 15 is 0 Å². The lowest BCUT2D eigenvalue weighted by Crippen LogP contribution is -2.37. The predicted molar refractivity (Wildman–Crippen MR) is 68.8 cm³/mol. The normalized spacial score (nSPS) is 18.7. The molecule has 1 amide bonds. The minimum Gasteiger partial charge on any atom is -0.494 e. The number of carbonyl (C=O) groups is 2. The monoisotopic (exact) mass is 263 g/mol. The van der Waals surface area contributed by atoms with Gasteiger partial charge in [-0.05, 0) is 31.0 Å². The summed E-state index contributed by atoms with van der Waals surface area (Å²) in [6.07, 6.45) is 0.708. The van der Waals surface area contributed by atoms with Gasteiger partial charge in [-0.3, -0.25) is 4.79 Å². The number of carboxylic acids is 1. The Morgan fingerprint density at radius 3 is 2.68 bits per heavy atom. The van der Waals surface area contributed by atoms with Crippen LogP contribution in [-0.4, -0.2) is 34.5 Å². The molecule has 0 saturated carbocycles. The summed E-state index contributed by atoms with van der Waals surface area (Å²) in [5, 5.41) is 9.08. The maximum atomic E-state index is 11.7. The smallest absolute Gasteiger partial charge is 0.326 e. The maximum absolute atomic E-state index is 11.7. The lowest BCUT2D eigenvalue weighted by atomic mass is 10.2. The van der Waals surface area contributed by atoms with Gasteiger partial charge in [0, 0.05) is 13.0 Å². The Labute approximate surface area is 111 Å². The fraction of sp³-hybridized carbons (Fsp3) is 0.429. The van der Waals surface area contributed by atoms with Gasteiger partial charge in [0.15, 0.2) is 0 Å². The van der Waals surface area contributed by atoms with Crippen molar-refractivity contribution >= 4 is 11.9 Å². The maximum Gasteiger partial charge on any atom is 0.326 e. The van der Waals surface area contributed by atoms with Crippen molar-refractivity contribution in [2.45, 2.75) is 32.4 Å². The van der Waals surface area contributed by atoms with Crippen LogP contribution in [0.1, 0.15) is 25.3 Å². The van der Waals surface area contributed by atoms with Gasteiger partial charge in [0.25, 0.3) is 0 Å². The number of nitrogens with zero attached hydrogens (tertiary/aromatic N) is 1. The lowest BCUT2D eigenvalue weighted by molar-refractivity contribution is -0.146. The number of hydrogen-bond acceptors (Lipinski definition) is 3. The van der Waals surface area contributed by atoms with E-state index in [9.17, 15) is 9.59 Å². The number of likely N-dealkylation sites (tertiary alicyclic amines) is 1. The molecule has 1 aromatic carbocycles. The summed E-state index contributed by atoms with van der Waals surface area (Å²) in [6, 6.07) is 6.68. The second kappa shape index (κ2) is 5.73. The molecule has 1 heterocycles. The average Bonchev–Trinajstić information content (AvgIpc) is 2.74. The van der Waals surface area contributed by atoms with Crippen molar-refractivity contribution in [2.24, 2.45) is 0 Å². The summed E-state index contributed by atoms with van der Waals surface area (Å²) in [5.41, 5.74) is 0.907. The van der Waals surface area contributed by atoms with Gasteiger partial charge in [-0.25, -0.2) is 4.79 Å². The predicted octanol–water partition coefficient (Wildman–Crippen LogP) is 1.66. The highest BCUT2D eigenvalue weighted by Gasteiger charge is 2.35. The molecule has 0 aliphatic carbocycles. The van der Waals surface area contributed by atoms with E-state index in [-0.39, 0.29) is 5.91 Å². The van der Waals surface area contributed by atoms with Crippen LogP contribution in [0.3, 0.4) is 0 Å². The van der Waals surface area contributed by atoms with Crippen LogP contribution < -0.4 is 4.74 Å². The van der Waals surface area contributed by atoms with Crippen molar-refractivity contribution in [3.05, 3.63) is 29.8 Å². The molecule has 102 valence electrons. The third-order valence-corrected chi connectivity index (χ3v) is 3.20. The second-order valence-electron chi connectivity index (χ2n) is 4.49. The van der Waals surface area contributed by atoms with Gasteiger partial charge in [-0.2, -0.15) is 0 Å². The van der Waals surface area contributed by atoms with Gasteiger partial charge >= 0.3 is 5.97 Å². The van der Waals surface area contributed by atoms with E-state index in [1.165, 1.54) is 4.90 Å². The molecule has 1 aliphatic heterocycles. The van der Waals surface area contributed by atoms with E-state index in [0.717, 1.165) is 11.3 Å². The Kier molecular flexibility index (Phi) is 4.04. The molecule has 1 saturated heterocycles. The van der Waals surface area contributed by atoms with E-state index in [0.29, 0.717) is 26.0 Å². The molecule has 19 heavy (non-hydrogen) atoms. The molecule has 1 unspecified atom stereocenters. The Morgan fingerprint density at radius 1 is 1.42 bits per heavy atom. The summed E-state index contributed by atoms with van der Waals surface area (Å²) in [7, 11) is 0. The number of ether oxygens (including phenoxy) is 1. The molecule has 5 heteroatoms. The van der Waals surface area contributed by atoms with Crippen LogP contribution in [0, 0.1) is 0 Å². The van der Waals surface area contributed by atoms with Crippen LogP contribution >= 0.6 is 0 Å². The molecule has 5 nitrogen and oxygen atoms in total. The number of carbonyl (C=O) groups excluding carboxylic acids is 1. The highest BCUT2D eigenvalue weighted by atomic mass is 16.5. The first-order valence-corrected chi connectivity index (χ1v) is 6.36. The molecule has 1 atom stereocenters.